The fourth-order valence-electron chi connectivity index (χ4n) is 0.0968. The van der Waals surface area contributed by atoms with E-state index < -0.39 is 0 Å². The summed E-state index contributed by atoms with van der Waals surface area (Å²) < 4.78 is 0. The molecule has 48 valence electrons. The molecule has 0 radical (unpaired) electrons. The van der Waals surface area contributed by atoms with E-state index in [1.54, 1.807) is 0 Å². The van der Waals surface area contributed by atoms with Gasteiger partial charge in [0.25, 0.3) is 0 Å². The molecule has 0 heterocycles. The van der Waals surface area contributed by atoms with Crippen LogP contribution >= 0.6 is 0 Å². The predicted octanol–water partition coefficient (Wildman–Crippen LogP) is 0.993. The van der Waals surface area contributed by atoms with Gasteiger partial charge in [-0.3, -0.25) is 0 Å². The fraction of sp³-hybridized carbons (Fsp3) is 0. The first-order valence-electron chi connectivity index (χ1n) is 1.68. The third kappa shape index (κ3) is 6.20. The summed E-state index contributed by atoms with van der Waals surface area (Å²) in [4.78, 5) is 0. The maximum Gasteiger partial charge on any atom is -0.00000316 e. The zero-order valence-electron chi connectivity index (χ0n) is 4.21. The molecule has 0 spiro atoms. The Morgan fingerprint density at radius 3 is 2.00 bits per heavy atom. The SMILES string of the molecule is N=N/N=N/N=N/N=N/N. The van der Waals surface area contributed by atoms with E-state index in [0.717, 1.165) is 0 Å². The van der Waals surface area contributed by atoms with E-state index in [9.17, 15) is 0 Å². The number of nitrogens with zero attached hydrogens (tertiary/aromatic N) is 7. The molecule has 9 heavy (non-hydrogen) atoms. The van der Waals surface area contributed by atoms with Crippen LogP contribution in [0, 0.1) is 5.53 Å². The number of rotatable bonds is 3. The van der Waals surface area contributed by atoms with Gasteiger partial charge in [-0.2, -0.15) is 5.53 Å². The highest BCUT2D eigenvalue weighted by Gasteiger charge is 1.62. The average molecular weight is 129 g/mol. The first-order chi connectivity index (χ1) is 4.41. The minimum atomic E-state index is 2.48. The van der Waals surface area contributed by atoms with Crippen LogP contribution in [-0.4, -0.2) is 0 Å². The average Bonchev–Trinajstić information content (AvgIpc) is 1.89. The lowest BCUT2D eigenvalue weighted by Crippen LogP contribution is -1.70. The Kier molecular flexibility index (Phi) is 4.96. The molecule has 3 N–H and O–H groups in total. The smallest absolute Gasteiger partial charge is 0.00000316 e. The van der Waals surface area contributed by atoms with Crippen molar-refractivity contribution in [3.8, 4) is 0 Å². The van der Waals surface area contributed by atoms with E-state index in [-0.39, 0.29) is 0 Å². The summed E-state index contributed by atoms with van der Waals surface area (Å²) in [6, 6.07) is 0. The molecule has 0 saturated carbocycles. The van der Waals surface area contributed by atoms with Crippen LogP contribution in [0.4, 0.5) is 0 Å². The summed E-state index contributed by atoms with van der Waals surface area (Å²) >= 11 is 0. The molecule has 0 saturated heterocycles. The summed E-state index contributed by atoms with van der Waals surface area (Å²) in [6.07, 6.45) is 0. The van der Waals surface area contributed by atoms with Crippen molar-refractivity contribution >= 4 is 0 Å². The van der Waals surface area contributed by atoms with Crippen LogP contribution in [0.1, 0.15) is 0 Å². The van der Waals surface area contributed by atoms with Crippen molar-refractivity contribution < 1.29 is 0 Å². The van der Waals surface area contributed by atoms with Crippen molar-refractivity contribution in [2.45, 2.75) is 0 Å². The van der Waals surface area contributed by atoms with Crippen molar-refractivity contribution in [3.05, 3.63) is 0 Å². The summed E-state index contributed by atoms with van der Waals surface area (Å²) in [6.45, 7) is 0. The molecule has 0 bridgehead atoms. The maximum absolute atomic E-state index is 6.07. The topological polar surface area (TPSA) is 136 Å². The highest BCUT2D eigenvalue weighted by atomic mass is 15.6. The van der Waals surface area contributed by atoms with E-state index >= 15 is 0 Å². The van der Waals surface area contributed by atoms with Crippen molar-refractivity contribution in [2.24, 2.45) is 42.4 Å². The molecule has 0 aliphatic carbocycles. The van der Waals surface area contributed by atoms with E-state index in [0.29, 0.717) is 0 Å². The minimum Gasteiger partial charge on any atom is -0.303 e. The lowest BCUT2D eigenvalue weighted by molar-refractivity contribution is 0.780. The van der Waals surface area contributed by atoms with Crippen LogP contribution in [0.15, 0.2) is 36.6 Å². The van der Waals surface area contributed by atoms with E-state index in [1.165, 1.54) is 0 Å². The van der Waals surface area contributed by atoms with Gasteiger partial charge in [0.15, 0.2) is 0 Å². The lowest BCUT2D eigenvalue weighted by atomic mass is 12.4. The number of hydrogen-bond acceptors (Lipinski definition) is 2. The van der Waals surface area contributed by atoms with Crippen LogP contribution in [0.25, 0.3) is 0 Å². The monoisotopic (exact) mass is 129 g/mol. The van der Waals surface area contributed by atoms with Crippen LogP contribution in [0.5, 0.6) is 0 Å². The van der Waals surface area contributed by atoms with Gasteiger partial charge < -0.3 is 5.84 Å². The predicted molar refractivity (Wildman–Crippen MR) is 23.9 cm³/mol. The Bertz CT molecular complexity index is 136. The first-order valence-corrected chi connectivity index (χ1v) is 1.68. The lowest BCUT2D eigenvalue weighted by Gasteiger charge is -1.65. The molecule has 0 aromatic rings. The molecule has 9 nitrogen and oxygen atoms in total. The van der Waals surface area contributed by atoms with Crippen molar-refractivity contribution in [2.75, 3.05) is 0 Å². The second-order valence-electron chi connectivity index (χ2n) is 0.663. The molecular formula is H3N9. The molecule has 0 aliphatic heterocycles. The van der Waals surface area contributed by atoms with E-state index in [1.807, 2.05) is 0 Å². The number of nitrogens with one attached hydrogen (secondary N) is 1. The molecular weight excluding hydrogens is 126 g/mol. The van der Waals surface area contributed by atoms with E-state index in [4.69, 9.17) is 5.53 Å². The molecule has 0 amide bonds. The number of nitrogens with two attached hydrogens (primary N) is 1. The maximum atomic E-state index is 6.07. The fourth-order valence-corrected chi connectivity index (χ4v) is 0.0968. The molecule has 0 aromatic carbocycles. The molecule has 0 aliphatic rings. The summed E-state index contributed by atoms with van der Waals surface area (Å²) in [5, 5.41) is 19.4. The molecule has 0 rings (SSSR count). The Hall–Kier alpha value is -1.80. The van der Waals surface area contributed by atoms with Gasteiger partial charge in [0.1, 0.15) is 0 Å². The summed E-state index contributed by atoms with van der Waals surface area (Å²) in [7, 11) is 0. The molecule has 0 atom stereocenters. The first kappa shape index (κ1) is 7.20. The minimum absolute atomic E-state index is 2.48. The second kappa shape index (κ2) is 6.20. The van der Waals surface area contributed by atoms with Gasteiger partial charge in [-0.1, -0.05) is 5.22 Å². The Morgan fingerprint density at radius 2 is 1.44 bits per heavy atom. The standard InChI is InChI=1S/H3N9/c1-3-5-7-9-8-6-4-2/h(H3,1,2,5,6,9). The van der Waals surface area contributed by atoms with Crippen molar-refractivity contribution in [1.82, 2.24) is 0 Å². The largest absolute Gasteiger partial charge is 0.303 e. The van der Waals surface area contributed by atoms with Gasteiger partial charge in [0, 0.05) is 0 Å². The highest BCUT2D eigenvalue weighted by molar-refractivity contribution is 4.05. The Balaban J connectivity index is 3.46. The van der Waals surface area contributed by atoms with Gasteiger partial charge in [0.2, 0.25) is 0 Å². The van der Waals surface area contributed by atoms with Gasteiger partial charge in [-0.25, -0.2) is 0 Å². The number of hydrogen-bond donors (Lipinski definition) is 2. The second-order valence-corrected chi connectivity index (χ2v) is 0.663. The normalized spacial score (nSPS) is 12.0. The molecule has 0 fully saturated rings. The Labute approximate surface area is 49.2 Å². The van der Waals surface area contributed by atoms with Gasteiger partial charge in [0.05, 0.1) is 0 Å². The molecule has 9 heteroatoms. The van der Waals surface area contributed by atoms with Crippen LogP contribution in [-0.2, 0) is 0 Å². The highest BCUT2D eigenvalue weighted by Crippen LogP contribution is 1.80. The quantitative estimate of drug-likeness (QED) is 0.327. The van der Waals surface area contributed by atoms with Crippen LogP contribution in [0.2, 0.25) is 0 Å². The third-order valence-electron chi connectivity index (χ3n) is 0.256. The summed E-state index contributed by atoms with van der Waals surface area (Å²) in [5.74, 6) is 4.52. The summed E-state index contributed by atoms with van der Waals surface area (Å²) in [5.41, 5.74) is 6.07. The van der Waals surface area contributed by atoms with Gasteiger partial charge in [-0.15, -0.1) is 0 Å². The zero-order valence-corrected chi connectivity index (χ0v) is 4.21. The van der Waals surface area contributed by atoms with Gasteiger partial charge in [-0.05, 0) is 31.3 Å². The van der Waals surface area contributed by atoms with Crippen LogP contribution < -0.4 is 5.84 Å². The third-order valence-corrected chi connectivity index (χ3v) is 0.256. The molecule has 0 aromatic heterocycles. The van der Waals surface area contributed by atoms with Crippen LogP contribution in [0.3, 0.4) is 0 Å². The molecule has 0 unspecified atom stereocenters. The Morgan fingerprint density at radius 1 is 0.889 bits per heavy atom. The zero-order chi connectivity index (χ0) is 6.95. The van der Waals surface area contributed by atoms with E-state index in [2.05, 4.69) is 42.4 Å². The van der Waals surface area contributed by atoms with Gasteiger partial charge >= 0.3 is 0 Å². The van der Waals surface area contributed by atoms with Crippen molar-refractivity contribution in [1.29, 1.82) is 5.53 Å². The van der Waals surface area contributed by atoms with Crippen molar-refractivity contribution in [3.63, 3.8) is 0 Å².